The normalized spacial score (nSPS) is 20.5. The van der Waals surface area contributed by atoms with E-state index in [2.05, 4.69) is 28.6 Å². The van der Waals surface area contributed by atoms with Crippen LogP contribution in [0.25, 0.3) is 0 Å². The Morgan fingerprint density at radius 2 is 2.33 bits per heavy atom. The molecule has 0 spiro atoms. The third-order valence-corrected chi connectivity index (χ3v) is 3.66. The van der Waals surface area contributed by atoms with Gasteiger partial charge in [-0.3, -0.25) is 5.10 Å². The maximum Gasteiger partial charge on any atom is 0.195 e. The van der Waals surface area contributed by atoms with Crippen molar-refractivity contribution in [1.29, 1.82) is 0 Å². The summed E-state index contributed by atoms with van der Waals surface area (Å²) in [7, 11) is 0. The van der Waals surface area contributed by atoms with Gasteiger partial charge >= 0.3 is 0 Å². The van der Waals surface area contributed by atoms with Gasteiger partial charge in [-0.1, -0.05) is 13.8 Å². The molecule has 1 unspecified atom stereocenters. The van der Waals surface area contributed by atoms with Crippen molar-refractivity contribution in [3.63, 3.8) is 0 Å². The van der Waals surface area contributed by atoms with Crippen LogP contribution in [-0.2, 0) is 17.7 Å². The number of nitrogens with one attached hydrogen (secondary N) is 1. The Balaban J connectivity index is 1.94. The largest absolute Gasteiger partial charge is 0.378 e. The predicted octanol–water partition coefficient (Wildman–Crippen LogP) is 3.10. The molecule has 2 heterocycles. The molecular weight excluding hydrogens is 246 g/mol. The van der Waals surface area contributed by atoms with Gasteiger partial charge in [0.15, 0.2) is 4.77 Å². The number of hydrogen-bond acceptors (Lipinski definition) is 3. The summed E-state index contributed by atoms with van der Waals surface area (Å²) >= 11 is 5.28. The molecule has 1 aromatic heterocycles. The second-order valence-electron chi connectivity index (χ2n) is 5.48. The smallest absolute Gasteiger partial charge is 0.195 e. The van der Waals surface area contributed by atoms with Crippen LogP contribution in [-0.4, -0.2) is 27.5 Å². The molecule has 4 nitrogen and oxygen atoms in total. The number of aromatic amines is 1. The Morgan fingerprint density at radius 1 is 1.50 bits per heavy atom. The van der Waals surface area contributed by atoms with Crippen LogP contribution in [0.15, 0.2) is 0 Å². The summed E-state index contributed by atoms with van der Waals surface area (Å²) in [4.78, 5) is 0. The van der Waals surface area contributed by atoms with Gasteiger partial charge in [0.05, 0.1) is 6.10 Å². The first-order chi connectivity index (χ1) is 8.66. The number of ether oxygens (including phenoxy) is 1. The van der Waals surface area contributed by atoms with Crippen molar-refractivity contribution in [3.05, 3.63) is 10.6 Å². The van der Waals surface area contributed by atoms with Crippen molar-refractivity contribution in [3.8, 4) is 0 Å². The topological polar surface area (TPSA) is 42.8 Å². The molecule has 1 saturated heterocycles. The molecule has 5 heteroatoms. The molecule has 1 aliphatic rings. The zero-order chi connectivity index (χ0) is 13.0. The van der Waals surface area contributed by atoms with Crippen LogP contribution >= 0.6 is 12.2 Å². The Labute approximate surface area is 114 Å². The minimum atomic E-state index is 0.413. The molecule has 18 heavy (non-hydrogen) atoms. The van der Waals surface area contributed by atoms with E-state index in [0.717, 1.165) is 36.6 Å². The number of aromatic nitrogens is 3. The van der Waals surface area contributed by atoms with E-state index in [4.69, 9.17) is 17.0 Å². The highest BCUT2D eigenvalue weighted by Crippen LogP contribution is 2.17. The molecule has 0 aromatic carbocycles. The van der Waals surface area contributed by atoms with Gasteiger partial charge < -0.3 is 9.30 Å². The minimum Gasteiger partial charge on any atom is -0.378 e. The number of rotatable bonds is 5. The summed E-state index contributed by atoms with van der Waals surface area (Å²) in [5.41, 5.74) is 0. The number of H-pyrrole nitrogens is 1. The maximum absolute atomic E-state index is 5.75. The monoisotopic (exact) mass is 269 g/mol. The average molecular weight is 269 g/mol. The van der Waals surface area contributed by atoms with Crippen LogP contribution in [0.5, 0.6) is 0 Å². The fourth-order valence-electron chi connectivity index (χ4n) is 2.42. The standard InChI is InChI=1S/C13H23N3OS/c1-10(2)9-16-12(14-15-13(16)18)7-6-11-5-3-4-8-17-11/h10-11H,3-9H2,1-2H3,(H,15,18). The SMILES string of the molecule is CC(C)Cn1c(CCC2CCCCO2)n[nH]c1=S. The number of aryl methyl sites for hydroxylation is 1. The summed E-state index contributed by atoms with van der Waals surface area (Å²) in [5.74, 6) is 1.65. The molecule has 1 fully saturated rings. The van der Waals surface area contributed by atoms with Gasteiger partial charge in [0.1, 0.15) is 5.82 Å². The lowest BCUT2D eigenvalue weighted by Crippen LogP contribution is -2.20. The Hall–Kier alpha value is -0.680. The molecule has 1 atom stereocenters. The van der Waals surface area contributed by atoms with E-state index in [9.17, 15) is 0 Å². The van der Waals surface area contributed by atoms with E-state index in [1.54, 1.807) is 0 Å². The first kappa shape index (κ1) is 13.7. The fraction of sp³-hybridized carbons (Fsp3) is 0.846. The van der Waals surface area contributed by atoms with Crippen molar-refractivity contribution in [1.82, 2.24) is 14.8 Å². The average Bonchev–Trinajstić information content (AvgIpc) is 2.69. The summed E-state index contributed by atoms with van der Waals surface area (Å²) in [6.07, 6.45) is 6.11. The molecule has 2 rings (SSSR count). The van der Waals surface area contributed by atoms with Gasteiger partial charge in [0.2, 0.25) is 0 Å². The Kier molecular flexibility index (Phi) is 4.95. The summed E-state index contributed by atoms with van der Waals surface area (Å²) < 4.78 is 8.62. The summed E-state index contributed by atoms with van der Waals surface area (Å²) in [6, 6.07) is 0. The van der Waals surface area contributed by atoms with E-state index in [0.29, 0.717) is 12.0 Å². The van der Waals surface area contributed by atoms with E-state index in [1.165, 1.54) is 19.3 Å². The Bertz CT molecular complexity index is 418. The zero-order valence-corrected chi connectivity index (χ0v) is 12.1. The predicted molar refractivity (Wildman–Crippen MR) is 74.2 cm³/mol. The number of nitrogens with zero attached hydrogens (tertiary/aromatic N) is 2. The maximum atomic E-state index is 5.75. The molecule has 1 N–H and O–H groups in total. The van der Waals surface area contributed by atoms with Crippen LogP contribution in [0.3, 0.4) is 0 Å². The molecule has 0 bridgehead atoms. The van der Waals surface area contributed by atoms with Crippen molar-refractivity contribution in [2.24, 2.45) is 5.92 Å². The van der Waals surface area contributed by atoms with Crippen LogP contribution in [0.4, 0.5) is 0 Å². The minimum absolute atomic E-state index is 0.413. The van der Waals surface area contributed by atoms with Gasteiger partial charge in [-0.15, -0.1) is 0 Å². The fourth-order valence-corrected chi connectivity index (χ4v) is 2.65. The van der Waals surface area contributed by atoms with E-state index in [1.807, 2.05) is 0 Å². The lowest BCUT2D eigenvalue weighted by atomic mass is 10.0. The third-order valence-electron chi connectivity index (χ3n) is 3.35. The van der Waals surface area contributed by atoms with Crippen LogP contribution in [0.2, 0.25) is 0 Å². The molecular formula is C13H23N3OS. The van der Waals surface area contributed by atoms with Crippen LogP contribution in [0.1, 0.15) is 45.4 Å². The third kappa shape index (κ3) is 3.65. The lowest BCUT2D eigenvalue weighted by Gasteiger charge is -2.22. The van der Waals surface area contributed by atoms with Crippen LogP contribution in [0, 0.1) is 10.7 Å². The Morgan fingerprint density at radius 3 is 3.00 bits per heavy atom. The van der Waals surface area contributed by atoms with Gasteiger partial charge in [0, 0.05) is 19.6 Å². The molecule has 1 aliphatic heterocycles. The highest BCUT2D eigenvalue weighted by Gasteiger charge is 2.15. The highest BCUT2D eigenvalue weighted by atomic mass is 32.1. The van der Waals surface area contributed by atoms with Crippen molar-refractivity contribution in [2.75, 3.05) is 6.61 Å². The quantitative estimate of drug-likeness (QED) is 0.835. The molecule has 1 aromatic rings. The first-order valence-corrected chi connectivity index (χ1v) is 7.33. The molecule has 102 valence electrons. The molecule has 0 saturated carbocycles. The van der Waals surface area contributed by atoms with E-state index in [-0.39, 0.29) is 0 Å². The molecule has 0 aliphatic carbocycles. The lowest BCUT2D eigenvalue weighted by molar-refractivity contribution is 0.0111. The first-order valence-electron chi connectivity index (χ1n) is 6.92. The van der Waals surface area contributed by atoms with Crippen LogP contribution < -0.4 is 0 Å². The van der Waals surface area contributed by atoms with Crippen molar-refractivity contribution >= 4 is 12.2 Å². The second kappa shape index (κ2) is 6.48. The van der Waals surface area contributed by atoms with E-state index < -0.39 is 0 Å². The zero-order valence-electron chi connectivity index (χ0n) is 11.3. The second-order valence-corrected chi connectivity index (χ2v) is 5.86. The van der Waals surface area contributed by atoms with Gasteiger partial charge in [-0.2, -0.15) is 5.10 Å². The molecule has 0 radical (unpaired) electrons. The van der Waals surface area contributed by atoms with Gasteiger partial charge in [-0.05, 0) is 43.8 Å². The van der Waals surface area contributed by atoms with E-state index >= 15 is 0 Å². The number of hydrogen-bond donors (Lipinski definition) is 1. The van der Waals surface area contributed by atoms with Gasteiger partial charge in [0.25, 0.3) is 0 Å². The van der Waals surface area contributed by atoms with Gasteiger partial charge in [-0.25, -0.2) is 0 Å². The molecule has 0 amide bonds. The highest BCUT2D eigenvalue weighted by molar-refractivity contribution is 7.71. The summed E-state index contributed by atoms with van der Waals surface area (Å²) in [6.45, 7) is 6.26. The van der Waals surface area contributed by atoms with Crippen molar-refractivity contribution in [2.45, 2.75) is 58.6 Å². The van der Waals surface area contributed by atoms with Crippen molar-refractivity contribution < 1.29 is 4.74 Å². The summed E-state index contributed by atoms with van der Waals surface area (Å²) in [5, 5.41) is 7.25.